The van der Waals surface area contributed by atoms with Crippen molar-refractivity contribution in [2.45, 2.75) is 25.6 Å². The van der Waals surface area contributed by atoms with Crippen molar-refractivity contribution in [2.75, 3.05) is 6.54 Å². The molecule has 0 aliphatic rings. The van der Waals surface area contributed by atoms with Crippen LogP contribution in [0.4, 0.5) is 0 Å². The van der Waals surface area contributed by atoms with Crippen LogP contribution in [0.25, 0.3) is 0 Å². The van der Waals surface area contributed by atoms with Gasteiger partial charge in [0, 0.05) is 6.07 Å². The van der Waals surface area contributed by atoms with E-state index in [1.807, 2.05) is 0 Å². The van der Waals surface area contributed by atoms with Gasteiger partial charge >= 0.3 is 5.97 Å². The van der Waals surface area contributed by atoms with E-state index in [2.05, 4.69) is 5.32 Å². The summed E-state index contributed by atoms with van der Waals surface area (Å²) in [6, 6.07) is 4.53. The summed E-state index contributed by atoms with van der Waals surface area (Å²) in [5.74, 6) is -1.65. The van der Waals surface area contributed by atoms with Gasteiger partial charge in [0.25, 0.3) is 5.91 Å². The third-order valence-electron chi connectivity index (χ3n) is 2.64. The molecule has 1 aromatic rings. The molecule has 0 aliphatic heterocycles. The zero-order chi connectivity index (χ0) is 16.2. The predicted octanol–water partition coefficient (Wildman–Crippen LogP) is 1.71. The van der Waals surface area contributed by atoms with E-state index in [-0.39, 0.29) is 5.02 Å². The standard InChI is InChI=1S/C13H15Cl2NO5/c1-7(11(17)16-6-13(2,20)12(18)19)21-8-3-4-9(14)10(15)5-8/h3-5,7,20H,6H2,1-2H3,(H,16,17)(H,18,19). The number of amides is 1. The summed E-state index contributed by atoms with van der Waals surface area (Å²) in [6.07, 6.45) is -0.896. The smallest absolute Gasteiger partial charge is 0.337 e. The number of aliphatic carboxylic acids is 1. The van der Waals surface area contributed by atoms with Gasteiger partial charge in [-0.15, -0.1) is 0 Å². The van der Waals surface area contributed by atoms with Crippen LogP contribution in [0.2, 0.25) is 10.0 Å². The minimum absolute atomic E-state index is 0.288. The fourth-order valence-corrected chi connectivity index (χ4v) is 1.57. The van der Waals surface area contributed by atoms with Crippen molar-refractivity contribution >= 4 is 35.1 Å². The molecule has 0 fully saturated rings. The monoisotopic (exact) mass is 335 g/mol. The lowest BCUT2D eigenvalue weighted by atomic mass is 10.1. The Balaban J connectivity index is 2.59. The number of ether oxygens (including phenoxy) is 1. The molecule has 2 unspecified atom stereocenters. The lowest BCUT2D eigenvalue weighted by molar-refractivity contribution is -0.156. The van der Waals surface area contributed by atoms with Gasteiger partial charge in [-0.05, 0) is 26.0 Å². The highest BCUT2D eigenvalue weighted by Gasteiger charge is 2.31. The molecule has 0 saturated heterocycles. The number of benzene rings is 1. The van der Waals surface area contributed by atoms with E-state index < -0.39 is 30.1 Å². The van der Waals surface area contributed by atoms with Crippen LogP contribution < -0.4 is 10.1 Å². The molecule has 3 N–H and O–H groups in total. The van der Waals surface area contributed by atoms with Crippen LogP contribution in [0, 0.1) is 0 Å². The molecule has 0 bridgehead atoms. The van der Waals surface area contributed by atoms with Gasteiger partial charge in [0.05, 0.1) is 16.6 Å². The van der Waals surface area contributed by atoms with Gasteiger partial charge in [-0.3, -0.25) is 4.79 Å². The van der Waals surface area contributed by atoms with Crippen LogP contribution in [0.5, 0.6) is 5.75 Å². The Labute approximate surface area is 131 Å². The van der Waals surface area contributed by atoms with Gasteiger partial charge in [-0.1, -0.05) is 23.2 Å². The molecule has 0 saturated carbocycles. The van der Waals surface area contributed by atoms with Crippen LogP contribution >= 0.6 is 23.2 Å². The quantitative estimate of drug-likeness (QED) is 0.735. The minimum atomic E-state index is -2.04. The second-order valence-electron chi connectivity index (χ2n) is 4.63. The van der Waals surface area contributed by atoms with E-state index in [9.17, 15) is 14.7 Å². The summed E-state index contributed by atoms with van der Waals surface area (Å²) in [4.78, 5) is 22.5. The Kier molecular flexibility index (Phi) is 5.83. The van der Waals surface area contributed by atoms with Crippen molar-refractivity contribution < 1.29 is 24.5 Å². The summed E-state index contributed by atoms with van der Waals surface area (Å²) >= 11 is 11.6. The molecular weight excluding hydrogens is 321 g/mol. The number of carboxylic acid groups (broad SMARTS) is 1. The van der Waals surface area contributed by atoms with E-state index in [4.69, 9.17) is 33.0 Å². The van der Waals surface area contributed by atoms with Crippen molar-refractivity contribution in [3.05, 3.63) is 28.2 Å². The van der Waals surface area contributed by atoms with E-state index in [1.165, 1.54) is 19.1 Å². The molecule has 0 spiro atoms. The molecule has 2 atom stereocenters. The lowest BCUT2D eigenvalue weighted by Crippen LogP contribution is -2.49. The van der Waals surface area contributed by atoms with Gasteiger partial charge in [-0.2, -0.15) is 0 Å². The van der Waals surface area contributed by atoms with Crippen LogP contribution in [-0.2, 0) is 9.59 Å². The molecule has 0 aromatic heterocycles. The largest absolute Gasteiger partial charge is 0.481 e. The molecule has 1 amide bonds. The van der Waals surface area contributed by atoms with E-state index in [1.54, 1.807) is 6.07 Å². The molecule has 0 aliphatic carbocycles. The Morgan fingerprint density at radius 2 is 2.00 bits per heavy atom. The molecule has 8 heteroatoms. The number of halogens is 2. The number of carbonyl (C=O) groups excluding carboxylic acids is 1. The normalized spacial score (nSPS) is 14.9. The second-order valence-corrected chi connectivity index (χ2v) is 5.45. The van der Waals surface area contributed by atoms with Gasteiger partial charge in [0.1, 0.15) is 5.75 Å². The van der Waals surface area contributed by atoms with Crippen molar-refractivity contribution in [1.82, 2.24) is 5.32 Å². The molecule has 0 heterocycles. The van der Waals surface area contributed by atoms with E-state index >= 15 is 0 Å². The first kappa shape index (κ1) is 17.6. The third kappa shape index (κ3) is 5.08. The fraction of sp³-hybridized carbons (Fsp3) is 0.385. The average molecular weight is 336 g/mol. The van der Waals surface area contributed by atoms with Gasteiger partial charge in [0.15, 0.2) is 11.7 Å². The number of aliphatic hydroxyl groups is 1. The maximum absolute atomic E-state index is 11.8. The number of hydrogen-bond acceptors (Lipinski definition) is 4. The lowest BCUT2D eigenvalue weighted by Gasteiger charge is -2.20. The van der Waals surface area contributed by atoms with Crippen LogP contribution in [0.1, 0.15) is 13.8 Å². The summed E-state index contributed by atoms with van der Waals surface area (Å²) in [6.45, 7) is 2.13. The third-order valence-corrected chi connectivity index (χ3v) is 3.38. The zero-order valence-corrected chi connectivity index (χ0v) is 12.9. The molecule has 21 heavy (non-hydrogen) atoms. The van der Waals surface area contributed by atoms with Crippen LogP contribution in [-0.4, -0.2) is 40.3 Å². The van der Waals surface area contributed by atoms with Gasteiger partial charge in [0.2, 0.25) is 0 Å². The van der Waals surface area contributed by atoms with Crippen molar-refractivity contribution in [2.24, 2.45) is 0 Å². The van der Waals surface area contributed by atoms with Crippen molar-refractivity contribution in [3.8, 4) is 5.75 Å². The molecule has 1 aromatic carbocycles. The molecule has 6 nitrogen and oxygen atoms in total. The maximum atomic E-state index is 11.8. The topological polar surface area (TPSA) is 95.9 Å². The number of carboxylic acids is 1. The maximum Gasteiger partial charge on any atom is 0.337 e. The zero-order valence-electron chi connectivity index (χ0n) is 11.4. The minimum Gasteiger partial charge on any atom is -0.481 e. The summed E-state index contributed by atoms with van der Waals surface area (Å²) in [7, 11) is 0. The van der Waals surface area contributed by atoms with E-state index in [0.29, 0.717) is 10.8 Å². The molecule has 116 valence electrons. The SMILES string of the molecule is CC(Oc1ccc(Cl)c(Cl)c1)C(=O)NCC(C)(O)C(=O)O. The van der Waals surface area contributed by atoms with Gasteiger partial charge < -0.3 is 20.3 Å². The molecular formula is C13H15Cl2NO5. The van der Waals surface area contributed by atoms with Crippen LogP contribution in [0.15, 0.2) is 18.2 Å². The van der Waals surface area contributed by atoms with E-state index in [0.717, 1.165) is 6.92 Å². The summed E-state index contributed by atoms with van der Waals surface area (Å²) in [5, 5.41) is 21.2. The number of rotatable bonds is 6. The Bertz CT molecular complexity index is 547. The first-order valence-electron chi connectivity index (χ1n) is 5.98. The van der Waals surface area contributed by atoms with Crippen molar-refractivity contribution in [3.63, 3.8) is 0 Å². The predicted molar refractivity (Wildman–Crippen MR) is 77.8 cm³/mol. The first-order chi connectivity index (χ1) is 9.63. The number of hydrogen-bond donors (Lipinski definition) is 3. The van der Waals surface area contributed by atoms with Crippen molar-refractivity contribution in [1.29, 1.82) is 0 Å². The van der Waals surface area contributed by atoms with Gasteiger partial charge in [-0.25, -0.2) is 4.79 Å². The fourth-order valence-electron chi connectivity index (χ4n) is 1.29. The highest BCUT2D eigenvalue weighted by molar-refractivity contribution is 6.42. The summed E-state index contributed by atoms with van der Waals surface area (Å²) < 4.78 is 5.35. The highest BCUT2D eigenvalue weighted by Crippen LogP contribution is 2.26. The second kappa shape index (κ2) is 6.98. The highest BCUT2D eigenvalue weighted by atomic mass is 35.5. The number of carbonyl (C=O) groups is 2. The average Bonchev–Trinajstić information content (AvgIpc) is 2.40. The summed E-state index contributed by atoms with van der Waals surface area (Å²) in [5.41, 5.74) is -2.04. The van der Waals surface area contributed by atoms with Crippen LogP contribution in [0.3, 0.4) is 0 Å². The molecule has 1 rings (SSSR count). The number of nitrogens with one attached hydrogen (secondary N) is 1. The Morgan fingerprint density at radius 3 is 2.52 bits per heavy atom. The molecule has 0 radical (unpaired) electrons. The first-order valence-corrected chi connectivity index (χ1v) is 6.74. The Hall–Kier alpha value is -1.50. The Morgan fingerprint density at radius 1 is 1.38 bits per heavy atom.